The van der Waals surface area contributed by atoms with Crippen molar-refractivity contribution in [2.75, 3.05) is 19.5 Å². The lowest BCUT2D eigenvalue weighted by atomic mass is 10.1. The first-order valence-corrected chi connectivity index (χ1v) is 10.0. The molecule has 0 atom stereocenters. The Morgan fingerprint density at radius 1 is 1.19 bits per heavy atom. The summed E-state index contributed by atoms with van der Waals surface area (Å²) in [6.07, 6.45) is 1.38. The molecule has 4 aromatic rings. The van der Waals surface area contributed by atoms with Crippen LogP contribution in [0.25, 0.3) is 22.4 Å². The smallest absolute Gasteiger partial charge is 0.299 e. The van der Waals surface area contributed by atoms with Crippen molar-refractivity contribution in [1.82, 2.24) is 14.7 Å². The molecule has 2 aromatic heterocycles. The van der Waals surface area contributed by atoms with Gasteiger partial charge >= 0.3 is 0 Å². The zero-order valence-electron chi connectivity index (χ0n) is 17.3. The average molecular weight is 455 g/mol. The van der Waals surface area contributed by atoms with E-state index in [1.807, 2.05) is 30.3 Å². The highest BCUT2D eigenvalue weighted by Crippen LogP contribution is 2.36. The topological polar surface area (TPSA) is 108 Å². The number of fused-ring (bicyclic) bond motifs is 1. The van der Waals surface area contributed by atoms with Crippen LogP contribution in [0.1, 0.15) is 6.42 Å². The van der Waals surface area contributed by atoms with Gasteiger partial charge in [-0.3, -0.25) is 14.2 Å². The number of anilines is 1. The zero-order chi connectivity index (χ0) is 22.7. The van der Waals surface area contributed by atoms with Crippen molar-refractivity contribution in [2.45, 2.75) is 13.0 Å². The summed E-state index contributed by atoms with van der Waals surface area (Å²) >= 11 is 6.24. The van der Waals surface area contributed by atoms with Gasteiger partial charge in [-0.1, -0.05) is 47.1 Å². The predicted octanol–water partition coefficient (Wildman–Crippen LogP) is 3.75. The van der Waals surface area contributed by atoms with Gasteiger partial charge in [-0.15, -0.1) is 0 Å². The molecule has 2 heterocycles. The third-order valence-corrected chi connectivity index (χ3v) is 5.12. The summed E-state index contributed by atoms with van der Waals surface area (Å²) in [5, 5.41) is 6.97. The molecule has 10 heteroatoms. The Morgan fingerprint density at radius 3 is 2.69 bits per heavy atom. The highest BCUT2D eigenvalue weighted by molar-refractivity contribution is 6.34. The standard InChI is InChI=1S/C22H19ClN4O5/c1-30-14-10-15(23)19(16(11-14)31-2)25-17(28)8-9-27-12-24-20-18(13-6-4-3-5-7-13)26-32-21(20)22(27)29/h3-7,10-12H,8-9H2,1-2H3,(H,25,28). The van der Waals surface area contributed by atoms with Crippen molar-refractivity contribution in [1.29, 1.82) is 0 Å². The summed E-state index contributed by atoms with van der Waals surface area (Å²) in [4.78, 5) is 29.6. The lowest BCUT2D eigenvalue weighted by molar-refractivity contribution is -0.116. The van der Waals surface area contributed by atoms with Crippen LogP contribution in [0.3, 0.4) is 0 Å². The number of methoxy groups -OCH3 is 2. The second-order valence-electron chi connectivity index (χ2n) is 6.80. The van der Waals surface area contributed by atoms with Crippen molar-refractivity contribution in [2.24, 2.45) is 0 Å². The van der Waals surface area contributed by atoms with Crippen molar-refractivity contribution in [3.63, 3.8) is 0 Å². The normalized spacial score (nSPS) is 10.8. The molecule has 0 saturated carbocycles. The first kappa shape index (κ1) is 21.4. The Morgan fingerprint density at radius 2 is 1.97 bits per heavy atom. The molecule has 0 bridgehead atoms. The predicted molar refractivity (Wildman–Crippen MR) is 119 cm³/mol. The van der Waals surface area contributed by atoms with Crippen molar-refractivity contribution in [3.8, 4) is 22.8 Å². The van der Waals surface area contributed by atoms with Crippen LogP contribution >= 0.6 is 11.6 Å². The number of amides is 1. The molecule has 0 aliphatic rings. The molecule has 164 valence electrons. The molecule has 32 heavy (non-hydrogen) atoms. The minimum atomic E-state index is -0.419. The van der Waals surface area contributed by atoms with Gasteiger partial charge < -0.3 is 19.3 Å². The van der Waals surface area contributed by atoms with Gasteiger partial charge in [0.1, 0.15) is 28.4 Å². The first-order valence-electron chi connectivity index (χ1n) is 9.63. The summed E-state index contributed by atoms with van der Waals surface area (Å²) in [5.74, 6) is 0.501. The number of ether oxygens (including phenoxy) is 2. The largest absolute Gasteiger partial charge is 0.497 e. The van der Waals surface area contributed by atoms with Gasteiger partial charge in [-0.2, -0.15) is 0 Å². The third-order valence-electron chi connectivity index (χ3n) is 4.82. The highest BCUT2D eigenvalue weighted by Gasteiger charge is 2.18. The molecule has 0 fully saturated rings. The SMILES string of the molecule is COc1cc(Cl)c(NC(=O)CCn2cnc3c(-c4ccccc4)noc3c2=O)c(OC)c1. The zero-order valence-corrected chi connectivity index (χ0v) is 18.0. The number of carbonyl (C=O) groups excluding carboxylic acids is 1. The number of aromatic nitrogens is 3. The first-order chi connectivity index (χ1) is 15.5. The van der Waals surface area contributed by atoms with Crippen molar-refractivity contribution in [3.05, 3.63) is 64.2 Å². The lowest BCUT2D eigenvalue weighted by Gasteiger charge is -2.14. The number of rotatable bonds is 7. The molecule has 4 rings (SSSR count). The van der Waals surface area contributed by atoms with Gasteiger partial charge in [0, 0.05) is 30.7 Å². The van der Waals surface area contributed by atoms with E-state index in [-0.39, 0.29) is 29.5 Å². The van der Waals surface area contributed by atoms with E-state index in [1.54, 1.807) is 12.1 Å². The quantitative estimate of drug-likeness (QED) is 0.453. The number of hydrogen-bond acceptors (Lipinski definition) is 7. The Labute approximate surface area is 187 Å². The third kappa shape index (κ3) is 4.15. The molecule has 1 N–H and O–H groups in total. The van der Waals surface area contributed by atoms with E-state index in [4.69, 9.17) is 25.6 Å². The molecular weight excluding hydrogens is 436 g/mol. The number of halogens is 1. The monoisotopic (exact) mass is 454 g/mol. The molecule has 0 spiro atoms. The minimum absolute atomic E-state index is 0.00170. The molecule has 0 aliphatic carbocycles. The fourth-order valence-corrected chi connectivity index (χ4v) is 3.43. The van der Waals surface area contributed by atoms with Crippen molar-refractivity contribution < 1.29 is 18.8 Å². The second kappa shape index (κ2) is 9.11. The summed E-state index contributed by atoms with van der Waals surface area (Å²) in [6.45, 7) is 0.0884. The van der Waals surface area contributed by atoms with Crippen LogP contribution in [-0.4, -0.2) is 34.8 Å². The molecule has 9 nitrogen and oxygen atoms in total. The minimum Gasteiger partial charge on any atom is -0.497 e. The van der Waals surface area contributed by atoms with E-state index in [9.17, 15) is 9.59 Å². The summed E-state index contributed by atoms with van der Waals surface area (Å²) in [6, 6.07) is 12.5. The van der Waals surface area contributed by atoms with Gasteiger partial charge in [0.05, 0.1) is 25.6 Å². The highest BCUT2D eigenvalue weighted by atomic mass is 35.5. The Balaban J connectivity index is 1.51. The molecule has 0 aliphatic heterocycles. The fourth-order valence-electron chi connectivity index (χ4n) is 3.18. The Hall–Kier alpha value is -3.85. The Bertz CT molecular complexity index is 1330. The van der Waals surface area contributed by atoms with Crippen molar-refractivity contribution >= 4 is 34.3 Å². The van der Waals surface area contributed by atoms with E-state index in [2.05, 4.69) is 15.5 Å². The van der Waals surface area contributed by atoms with E-state index < -0.39 is 5.56 Å². The number of aryl methyl sites for hydroxylation is 1. The molecule has 0 saturated heterocycles. The van der Waals surface area contributed by atoms with Crippen LogP contribution < -0.4 is 20.3 Å². The number of nitrogens with one attached hydrogen (secondary N) is 1. The number of nitrogens with zero attached hydrogens (tertiary/aromatic N) is 3. The second-order valence-corrected chi connectivity index (χ2v) is 7.21. The number of hydrogen-bond donors (Lipinski definition) is 1. The summed E-state index contributed by atoms with van der Waals surface area (Å²) < 4.78 is 17.0. The van der Waals surface area contributed by atoms with Gasteiger partial charge in [-0.25, -0.2) is 4.98 Å². The number of carbonyl (C=O) groups is 1. The molecule has 2 aromatic carbocycles. The fraction of sp³-hybridized carbons (Fsp3) is 0.182. The van der Waals surface area contributed by atoms with Crippen LogP contribution in [0.4, 0.5) is 5.69 Å². The summed E-state index contributed by atoms with van der Waals surface area (Å²) in [5.41, 5.74) is 1.59. The van der Waals surface area contributed by atoms with Crippen LogP contribution in [0, 0.1) is 0 Å². The molecule has 0 unspecified atom stereocenters. The van der Waals surface area contributed by atoms with E-state index in [0.717, 1.165) is 5.56 Å². The van der Waals surface area contributed by atoms with E-state index >= 15 is 0 Å². The lowest BCUT2D eigenvalue weighted by Crippen LogP contribution is -2.23. The van der Waals surface area contributed by atoms with Gasteiger partial charge in [-0.05, 0) is 0 Å². The van der Waals surface area contributed by atoms with Crippen LogP contribution in [0.15, 0.2) is 58.1 Å². The van der Waals surface area contributed by atoms with Crippen LogP contribution in [0.2, 0.25) is 5.02 Å². The van der Waals surface area contributed by atoms with Crippen LogP contribution in [-0.2, 0) is 11.3 Å². The maximum Gasteiger partial charge on any atom is 0.299 e. The molecule has 1 amide bonds. The molecule has 0 radical (unpaired) electrons. The van der Waals surface area contributed by atoms with E-state index in [1.165, 1.54) is 25.1 Å². The maximum absolute atomic E-state index is 12.8. The van der Waals surface area contributed by atoms with Gasteiger partial charge in [0.2, 0.25) is 5.91 Å². The van der Waals surface area contributed by atoms with Crippen LogP contribution in [0.5, 0.6) is 11.5 Å². The van der Waals surface area contributed by atoms with E-state index in [0.29, 0.717) is 28.4 Å². The Kier molecular flexibility index (Phi) is 6.09. The van der Waals surface area contributed by atoms with Gasteiger partial charge in [0.25, 0.3) is 11.1 Å². The maximum atomic E-state index is 12.8. The molecular formula is C22H19ClN4O5. The average Bonchev–Trinajstić information content (AvgIpc) is 3.25. The number of benzene rings is 2. The summed E-state index contributed by atoms with van der Waals surface area (Å²) in [7, 11) is 2.96. The van der Waals surface area contributed by atoms with Gasteiger partial charge in [0.15, 0.2) is 0 Å².